The second kappa shape index (κ2) is 7.41. The average Bonchev–Trinajstić information content (AvgIpc) is 2.59. The maximum atomic E-state index is 12.4. The smallest absolute Gasteiger partial charge is 0.237 e. The molecule has 0 unspecified atom stereocenters. The molecule has 124 valence electrons. The Morgan fingerprint density at radius 3 is 2.62 bits per heavy atom. The summed E-state index contributed by atoms with van der Waals surface area (Å²) >= 11 is 0. The highest BCUT2D eigenvalue weighted by molar-refractivity contribution is 5.94. The second-order valence-electron chi connectivity index (χ2n) is 6.25. The van der Waals surface area contributed by atoms with Gasteiger partial charge in [0, 0.05) is 24.7 Å². The number of benzene rings is 2. The largest absolute Gasteiger partial charge is 0.333 e. The number of amides is 1. The van der Waals surface area contributed by atoms with Crippen molar-refractivity contribution in [3.8, 4) is 0 Å². The van der Waals surface area contributed by atoms with Crippen molar-refractivity contribution in [3.63, 3.8) is 0 Å². The van der Waals surface area contributed by atoms with Gasteiger partial charge in [-0.15, -0.1) is 0 Å². The Balaban J connectivity index is 1.78. The molecule has 1 aliphatic rings. The summed E-state index contributed by atoms with van der Waals surface area (Å²) in [6.45, 7) is 3.26. The van der Waals surface area contributed by atoms with E-state index in [2.05, 4.69) is 17.4 Å². The van der Waals surface area contributed by atoms with Gasteiger partial charge in [0.1, 0.15) is 0 Å². The fourth-order valence-electron chi connectivity index (χ4n) is 3.13. The van der Waals surface area contributed by atoms with Crippen molar-refractivity contribution >= 4 is 11.7 Å². The van der Waals surface area contributed by atoms with Gasteiger partial charge in [-0.05, 0) is 30.5 Å². The summed E-state index contributed by atoms with van der Waals surface area (Å²) in [5.74, 6) is 0.153. The lowest BCUT2D eigenvalue weighted by atomic mass is 10.0. The summed E-state index contributed by atoms with van der Waals surface area (Å²) in [5.41, 5.74) is 2.91. The predicted octanol–water partition coefficient (Wildman–Crippen LogP) is 2.43. The fourth-order valence-corrected chi connectivity index (χ4v) is 3.13. The first-order valence-electron chi connectivity index (χ1n) is 8.27. The van der Waals surface area contributed by atoms with Crippen molar-refractivity contribution in [1.29, 1.82) is 0 Å². The zero-order valence-electron chi connectivity index (χ0n) is 13.9. The number of rotatable bonds is 5. The van der Waals surface area contributed by atoms with E-state index in [4.69, 9.17) is 0 Å². The molecule has 1 N–H and O–H groups in total. The molecule has 4 heteroatoms. The van der Waals surface area contributed by atoms with Crippen LogP contribution >= 0.6 is 0 Å². The van der Waals surface area contributed by atoms with Crippen molar-refractivity contribution in [2.45, 2.75) is 25.9 Å². The summed E-state index contributed by atoms with van der Waals surface area (Å²) in [7, 11) is 0. The van der Waals surface area contributed by atoms with Crippen LogP contribution in [0.4, 0.5) is 0 Å². The van der Waals surface area contributed by atoms with Crippen molar-refractivity contribution in [2.75, 3.05) is 13.1 Å². The number of nitrogens with one attached hydrogen (secondary N) is 1. The standard InChI is InChI=1S/C20H22N2O2/c1-15(23)18-9-5-8-17(10-18)14-22-19(12-21-13-20(22)24)11-16-6-3-2-4-7-16/h2-10,19,21H,11-14H2,1H3/t19-/m0/s1. The highest BCUT2D eigenvalue weighted by Crippen LogP contribution is 2.16. The molecule has 0 aliphatic carbocycles. The van der Waals surface area contributed by atoms with E-state index in [0.29, 0.717) is 18.7 Å². The van der Waals surface area contributed by atoms with Crippen LogP contribution in [0.2, 0.25) is 0 Å². The lowest BCUT2D eigenvalue weighted by molar-refractivity contribution is -0.135. The third kappa shape index (κ3) is 3.89. The molecule has 2 aromatic carbocycles. The molecule has 1 heterocycles. The van der Waals surface area contributed by atoms with Crippen molar-refractivity contribution in [3.05, 3.63) is 71.3 Å². The molecule has 4 nitrogen and oxygen atoms in total. The number of carbonyl (C=O) groups excluding carboxylic acids is 2. The summed E-state index contributed by atoms with van der Waals surface area (Å²) in [6.07, 6.45) is 0.825. The number of Topliss-reactive ketones (excluding diaryl/α,β-unsaturated/α-hetero) is 1. The topological polar surface area (TPSA) is 49.4 Å². The van der Waals surface area contributed by atoms with Gasteiger partial charge in [0.15, 0.2) is 5.78 Å². The molecule has 24 heavy (non-hydrogen) atoms. The van der Waals surface area contributed by atoms with Crippen LogP contribution in [0.25, 0.3) is 0 Å². The van der Waals surface area contributed by atoms with Crippen molar-refractivity contribution in [1.82, 2.24) is 10.2 Å². The van der Waals surface area contributed by atoms with Crippen LogP contribution in [0.5, 0.6) is 0 Å². The van der Waals surface area contributed by atoms with Gasteiger partial charge >= 0.3 is 0 Å². The molecule has 1 fully saturated rings. The number of nitrogens with zero attached hydrogens (tertiary/aromatic N) is 1. The van der Waals surface area contributed by atoms with Crippen LogP contribution in [0, 0.1) is 0 Å². The van der Waals surface area contributed by atoms with E-state index in [1.54, 1.807) is 6.92 Å². The maximum Gasteiger partial charge on any atom is 0.237 e. The Labute approximate surface area is 142 Å². The predicted molar refractivity (Wildman–Crippen MR) is 93.8 cm³/mol. The van der Waals surface area contributed by atoms with Crippen LogP contribution in [-0.4, -0.2) is 35.7 Å². The van der Waals surface area contributed by atoms with E-state index in [-0.39, 0.29) is 17.7 Å². The van der Waals surface area contributed by atoms with Crippen molar-refractivity contribution in [2.24, 2.45) is 0 Å². The van der Waals surface area contributed by atoms with Crippen LogP contribution in [0.15, 0.2) is 54.6 Å². The Hall–Kier alpha value is -2.46. The van der Waals surface area contributed by atoms with Crippen LogP contribution < -0.4 is 5.32 Å². The first-order chi connectivity index (χ1) is 11.6. The summed E-state index contributed by atoms with van der Waals surface area (Å²) < 4.78 is 0. The van der Waals surface area contributed by atoms with Gasteiger partial charge < -0.3 is 10.2 Å². The first kappa shape index (κ1) is 16.4. The Morgan fingerprint density at radius 2 is 1.88 bits per heavy atom. The van der Waals surface area contributed by atoms with E-state index in [0.717, 1.165) is 18.5 Å². The fraction of sp³-hybridized carbons (Fsp3) is 0.300. The SMILES string of the molecule is CC(=O)c1cccc(CN2C(=O)CNC[C@@H]2Cc2ccccc2)c1. The van der Waals surface area contributed by atoms with Gasteiger partial charge in [0.25, 0.3) is 0 Å². The molecule has 1 saturated heterocycles. The summed E-state index contributed by atoms with van der Waals surface area (Å²) in [6, 6.07) is 17.9. The first-order valence-corrected chi connectivity index (χ1v) is 8.27. The molecule has 0 spiro atoms. The highest BCUT2D eigenvalue weighted by Gasteiger charge is 2.27. The molecule has 0 bridgehead atoms. The highest BCUT2D eigenvalue weighted by atomic mass is 16.2. The molecule has 1 aliphatic heterocycles. The molecule has 3 rings (SSSR count). The minimum atomic E-state index is 0.0457. The van der Waals surface area contributed by atoms with E-state index < -0.39 is 0 Å². The molecule has 0 saturated carbocycles. The number of hydrogen-bond donors (Lipinski definition) is 1. The Bertz CT molecular complexity index is 727. The third-order valence-electron chi connectivity index (χ3n) is 4.42. The number of piperazine rings is 1. The monoisotopic (exact) mass is 322 g/mol. The normalized spacial score (nSPS) is 17.8. The van der Waals surface area contributed by atoms with Gasteiger partial charge in [-0.2, -0.15) is 0 Å². The summed E-state index contributed by atoms with van der Waals surface area (Å²) in [4.78, 5) is 25.9. The molecular formula is C20H22N2O2. The number of carbonyl (C=O) groups is 2. The van der Waals surface area contributed by atoms with E-state index >= 15 is 0 Å². The minimum Gasteiger partial charge on any atom is -0.333 e. The van der Waals surface area contributed by atoms with Crippen molar-refractivity contribution < 1.29 is 9.59 Å². The third-order valence-corrected chi connectivity index (χ3v) is 4.42. The lowest BCUT2D eigenvalue weighted by Crippen LogP contribution is -2.55. The average molecular weight is 322 g/mol. The molecule has 2 aromatic rings. The van der Waals surface area contributed by atoms with Crippen LogP contribution in [0.3, 0.4) is 0 Å². The molecule has 1 atom stereocenters. The van der Waals surface area contributed by atoms with Crippen LogP contribution in [0.1, 0.15) is 28.4 Å². The second-order valence-corrected chi connectivity index (χ2v) is 6.25. The quantitative estimate of drug-likeness (QED) is 0.860. The van der Waals surface area contributed by atoms with Gasteiger partial charge in [-0.1, -0.05) is 48.5 Å². The Morgan fingerprint density at radius 1 is 1.12 bits per heavy atom. The Kier molecular flexibility index (Phi) is 5.06. The molecular weight excluding hydrogens is 300 g/mol. The van der Waals surface area contributed by atoms with Gasteiger partial charge in [0.2, 0.25) is 5.91 Å². The van der Waals surface area contributed by atoms with Crippen LogP contribution in [-0.2, 0) is 17.8 Å². The zero-order valence-corrected chi connectivity index (χ0v) is 13.9. The van der Waals surface area contributed by atoms with E-state index in [1.807, 2.05) is 47.4 Å². The van der Waals surface area contributed by atoms with E-state index in [9.17, 15) is 9.59 Å². The lowest BCUT2D eigenvalue weighted by Gasteiger charge is -2.36. The van der Waals surface area contributed by atoms with Gasteiger partial charge in [-0.3, -0.25) is 9.59 Å². The zero-order chi connectivity index (χ0) is 16.9. The van der Waals surface area contributed by atoms with E-state index in [1.165, 1.54) is 5.56 Å². The minimum absolute atomic E-state index is 0.0457. The molecule has 1 amide bonds. The molecule has 0 radical (unpaired) electrons. The van der Waals surface area contributed by atoms with Gasteiger partial charge in [0.05, 0.1) is 6.54 Å². The summed E-state index contributed by atoms with van der Waals surface area (Å²) in [5, 5.41) is 3.20. The number of hydrogen-bond acceptors (Lipinski definition) is 3. The van der Waals surface area contributed by atoms with Gasteiger partial charge in [-0.25, -0.2) is 0 Å². The maximum absolute atomic E-state index is 12.4. The number of ketones is 1. The molecule has 0 aromatic heterocycles.